The van der Waals surface area contributed by atoms with Crippen LogP contribution in [0.3, 0.4) is 0 Å². The Morgan fingerprint density at radius 2 is 1.86 bits per heavy atom. The molecule has 0 saturated carbocycles. The van der Waals surface area contributed by atoms with Crippen molar-refractivity contribution in [3.63, 3.8) is 0 Å². The SMILES string of the molecule is O=C(c1cccc(OC(F)(F)F)c1)C1C=CC(/C=C/c2ccccc2)=NCC1. The monoisotopic (exact) mass is 385 g/mol. The summed E-state index contributed by atoms with van der Waals surface area (Å²) in [6.07, 6.45) is 3.02. The highest BCUT2D eigenvalue weighted by Gasteiger charge is 2.31. The zero-order valence-corrected chi connectivity index (χ0v) is 14.9. The molecule has 0 amide bonds. The highest BCUT2D eigenvalue weighted by molar-refractivity contribution is 6.07. The molecule has 0 saturated heterocycles. The number of benzene rings is 2. The number of allylic oxidation sites excluding steroid dienone is 3. The second-order valence-corrected chi connectivity index (χ2v) is 6.24. The molecule has 144 valence electrons. The van der Waals surface area contributed by atoms with Crippen molar-refractivity contribution in [3.05, 3.63) is 84.0 Å². The second kappa shape index (κ2) is 8.69. The standard InChI is InChI=1S/C22H18F3NO2/c23-22(24,25)28-20-8-4-7-18(15-20)21(27)17-10-12-19(26-14-13-17)11-9-16-5-2-1-3-6-16/h1-12,15,17H,13-14H2/b11-9+. The van der Waals surface area contributed by atoms with E-state index in [0.717, 1.165) is 17.3 Å². The van der Waals surface area contributed by atoms with Crippen molar-refractivity contribution in [2.75, 3.05) is 6.54 Å². The average molecular weight is 385 g/mol. The lowest BCUT2D eigenvalue weighted by Gasteiger charge is -2.12. The Kier molecular flexibility index (Phi) is 6.09. The molecule has 2 aromatic rings. The van der Waals surface area contributed by atoms with E-state index >= 15 is 0 Å². The highest BCUT2D eigenvalue weighted by Crippen LogP contribution is 2.25. The number of Topliss-reactive ketones (excluding diaryl/α,β-unsaturated/α-hetero) is 1. The molecule has 1 heterocycles. The minimum Gasteiger partial charge on any atom is -0.406 e. The van der Waals surface area contributed by atoms with Crippen LogP contribution in [0.1, 0.15) is 22.3 Å². The number of alkyl halides is 3. The number of nitrogens with zero attached hydrogens (tertiary/aromatic N) is 1. The van der Waals surface area contributed by atoms with Crippen molar-refractivity contribution in [1.29, 1.82) is 0 Å². The van der Waals surface area contributed by atoms with Gasteiger partial charge in [-0.05, 0) is 36.3 Å². The van der Waals surface area contributed by atoms with Crippen LogP contribution < -0.4 is 4.74 Å². The number of carbonyl (C=O) groups is 1. The van der Waals surface area contributed by atoms with E-state index in [0.29, 0.717) is 13.0 Å². The maximum absolute atomic E-state index is 12.7. The molecular weight excluding hydrogens is 367 g/mol. The first-order chi connectivity index (χ1) is 13.4. The summed E-state index contributed by atoms with van der Waals surface area (Å²) in [5.41, 5.74) is 1.96. The number of hydrogen-bond donors (Lipinski definition) is 0. The summed E-state index contributed by atoms with van der Waals surface area (Å²) in [6.45, 7) is 0.455. The van der Waals surface area contributed by atoms with E-state index in [1.54, 1.807) is 12.2 Å². The van der Waals surface area contributed by atoms with E-state index in [1.165, 1.54) is 18.2 Å². The van der Waals surface area contributed by atoms with E-state index in [-0.39, 0.29) is 11.3 Å². The number of ether oxygens (including phenoxy) is 1. The van der Waals surface area contributed by atoms with Gasteiger partial charge >= 0.3 is 6.36 Å². The van der Waals surface area contributed by atoms with Crippen molar-refractivity contribution >= 4 is 17.6 Å². The fraction of sp³-hybridized carbons (Fsp3) is 0.182. The zero-order valence-electron chi connectivity index (χ0n) is 14.9. The lowest BCUT2D eigenvalue weighted by molar-refractivity contribution is -0.274. The molecule has 0 N–H and O–H groups in total. The number of carbonyl (C=O) groups excluding carboxylic acids is 1. The fourth-order valence-corrected chi connectivity index (χ4v) is 2.83. The number of rotatable bonds is 5. The van der Waals surface area contributed by atoms with E-state index in [9.17, 15) is 18.0 Å². The van der Waals surface area contributed by atoms with Crippen LogP contribution in [0.5, 0.6) is 5.75 Å². The maximum Gasteiger partial charge on any atom is 0.573 e. The number of hydrogen-bond acceptors (Lipinski definition) is 3. The summed E-state index contributed by atoms with van der Waals surface area (Å²) in [5, 5.41) is 0. The highest BCUT2D eigenvalue weighted by atomic mass is 19.4. The van der Waals surface area contributed by atoms with Crippen LogP contribution in [0, 0.1) is 5.92 Å². The van der Waals surface area contributed by atoms with Crippen LogP contribution in [0.15, 0.2) is 77.8 Å². The molecule has 1 atom stereocenters. The van der Waals surface area contributed by atoms with Gasteiger partial charge in [-0.1, -0.05) is 54.6 Å². The van der Waals surface area contributed by atoms with E-state index in [4.69, 9.17) is 0 Å². The van der Waals surface area contributed by atoms with E-state index in [2.05, 4.69) is 9.73 Å². The van der Waals surface area contributed by atoms with Gasteiger partial charge in [-0.15, -0.1) is 13.2 Å². The molecular formula is C22H18F3NO2. The normalized spacial score (nSPS) is 17.2. The minimum absolute atomic E-state index is 0.180. The first-order valence-electron chi connectivity index (χ1n) is 8.76. The molecule has 2 aromatic carbocycles. The van der Waals surface area contributed by atoms with Crippen LogP contribution in [0.25, 0.3) is 6.08 Å². The summed E-state index contributed by atoms with van der Waals surface area (Å²) >= 11 is 0. The first-order valence-corrected chi connectivity index (χ1v) is 8.76. The second-order valence-electron chi connectivity index (χ2n) is 6.24. The Morgan fingerprint density at radius 3 is 2.61 bits per heavy atom. The number of aliphatic imine (C=N–C) groups is 1. The maximum atomic E-state index is 12.7. The molecule has 1 aliphatic heterocycles. The molecule has 3 nitrogen and oxygen atoms in total. The lowest BCUT2D eigenvalue weighted by atomic mass is 9.94. The Morgan fingerprint density at radius 1 is 1.07 bits per heavy atom. The summed E-state index contributed by atoms with van der Waals surface area (Å²) in [6, 6.07) is 14.9. The van der Waals surface area contributed by atoms with Crippen molar-refractivity contribution in [2.45, 2.75) is 12.8 Å². The largest absolute Gasteiger partial charge is 0.573 e. The zero-order chi connectivity index (χ0) is 20.0. The van der Waals surface area contributed by atoms with Crippen molar-refractivity contribution < 1.29 is 22.7 Å². The van der Waals surface area contributed by atoms with Crippen molar-refractivity contribution in [3.8, 4) is 5.75 Å². The molecule has 28 heavy (non-hydrogen) atoms. The van der Waals surface area contributed by atoms with E-state index in [1.807, 2.05) is 42.5 Å². The van der Waals surface area contributed by atoms with Gasteiger partial charge in [0.25, 0.3) is 0 Å². The third-order valence-electron chi connectivity index (χ3n) is 4.17. The molecule has 0 spiro atoms. The molecule has 0 aliphatic carbocycles. The minimum atomic E-state index is -4.79. The Balaban J connectivity index is 1.69. The predicted octanol–water partition coefficient (Wildman–Crippen LogP) is 5.50. The molecule has 3 rings (SSSR count). The summed E-state index contributed by atoms with van der Waals surface area (Å²) < 4.78 is 41.0. The predicted molar refractivity (Wildman–Crippen MR) is 102 cm³/mol. The van der Waals surface area contributed by atoms with Crippen LogP contribution in [-0.4, -0.2) is 24.4 Å². The Labute approximate surface area is 160 Å². The molecule has 0 bridgehead atoms. The molecule has 0 fully saturated rings. The van der Waals surface area contributed by atoms with Crippen molar-refractivity contribution in [2.24, 2.45) is 10.9 Å². The average Bonchev–Trinajstić information content (AvgIpc) is 2.91. The Bertz CT molecular complexity index is 915. The van der Waals surface area contributed by atoms with Gasteiger partial charge in [-0.2, -0.15) is 0 Å². The summed E-state index contributed by atoms with van der Waals surface area (Å²) in [7, 11) is 0. The van der Waals surface area contributed by atoms with Crippen LogP contribution >= 0.6 is 0 Å². The molecule has 1 aliphatic rings. The molecule has 1 unspecified atom stereocenters. The smallest absolute Gasteiger partial charge is 0.406 e. The first kappa shape index (κ1) is 19.6. The van der Waals surface area contributed by atoms with Crippen LogP contribution in [0.2, 0.25) is 0 Å². The molecule has 0 aromatic heterocycles. The van der Waals surface area contributed by atoms with Crippen LogP contribution in [0.4, 0.5) is 13.2 Å². The van der Waals surface area contributed by atoms with Gasteiger partial charge in [0.05, 0.1) is 5.71 Å². The van der Waals surface area contributed by atoms with Gasteiger partial charge in [0.15, 0.2) is 5.78 Å². The Hall–Kier alpha value is -3.15. The molecule has 6 heteroatoms. The topological polar surface area (TPSA) is 38.7 Å². The number of halogens is 3. The van der Waals surface area contributed by atoms with Gasteiger partial charge in [0.2, 0.25) is 0 Å². The third kappa shape index (κ3) is 5.67. The number of ketones is 1. The third-order valence-corrected chi connectivity index (χ3v) is 4.17. The van der Waals surface area contributed by atoms with Crippen molar-refractivity contribution in [1.82, 2.24) is 0 Å². The molecule has 0 radical (unpaired) electrons. The van der Waals surface area contributed by atoms with Gasteiger partial charge in [-0.3, -0.25) is 9.79 Å². The van der Waals surface area contributed by atoms with Gasteiger partial charge in [-0.25, -0.2) is 0 Å². The van der Waals surface area contributed by atoms with E-state index < -0.39 is 18.0 Å². The van der Waals surface area contributed by atoms with Gasteiger partial charge < -0.3 is 4.74 Å². The lowest BCUT2D eigenvalue weighted by Crippen LogP contribution is -2.18. The fourth-order valence-electron chi connectivity index (χ4n) is 2.83. The summed E-state index contributed by atoms with van der Waals surface area (Å²) in [4.78, 5) is 17.1. The quantitative estimate of drug-likeness (QED) is 0.638. The summed E-state index contributed by atoms with van der Waals surface area (Å²) in [5.74, 6) is -1.11. The van der Waals surface area contributed by atoms with Crippen LogP contribution in [-0.2, 0) is 0 Å². The van der Waals surface area contributed by atoms with Gasteiger partial charge in [0, 0.05) is 18.0 Å². The van der Waals surface area contributed by atoms with Gasteiger partial charge in [0.1, 0.15) is 5.75 Å².